The van der Waals surface area contributed by atoms with Crippen LogP contribution in [-0.2, 0) is 14.3 Å². The lowest BCUT2D eigenvalue weighted by Crippen LogP contribution is -2.44. The van der Waals surface area contributed by atoms with Crippen molar-refractivity contribution in [1.29, 1.82) is 0 Å². The van der Waals surface area contributed by atoms with Gasteiger partial charge in [-0.15, -0.1) is 11.8 Å². The monoisotopic (exact) mass is 417 g/mol. The number of carbonyl (C=O) groups excluding carboxylic acids is 3. The minimum absolute atomic E-state index is 0.260. The highest BCUT2D eigenvalue weighted by molar-refractivity contribution is 7.99. The summed E-state index contributed by atoms with van der Waals surface area (Å²) in [5, 5.41) is -0.392. The largest absolute Gasteiger partial charge is 0.494 e. The van der Waals surface area contributed by atoms with Crippen molar-refractivity contribution in [1.82, 2.24) is 4.90 Å². The molecule has 1 aliphatic heterocycles. The van der Waals surface area contributed by atoms with Gasteiger partial charge in [0.1, 0.15) is 22.9 Å². The van der Waals surface area contributed by atoms with Gasteiger partial charge >= 0.3 is 5.97 Å². The second kappa shape index (κ2) is 9.17. The predicted molar refractivity (Wildman–Crippen MR) is 108 cm³/mol. The van der Waals surface area contributed by atoms with Crippen molar-refractivity contribution in [3.8, 4) is 5.75 Å². The molecule has 154 valence electrons. The van der Waals surface area contributed by atoms with Crippen LogP contribution in [0.25, 0.3) is 0 Å². The van der Waals surface area contributed by atoms with Gasteiger partial charge in [0.25, 0.3) is 0 Å². The number of thioether (sulfide) groups is 1. The van der Waals surface area contributed by atoms with Gasteiger partial charge in [0.05, 0.1) is 12.9 Å². The maximum Gasteiger partial charge on any atom is 0.330 e. The Balaban J connectivity index is 1.66. The zero-order chi connectivity index (χ0) is 21.0. The van der Waals surface area contributed by atoms with Crippen LogP contribution >= 0.6 is 11.8 Å². The fourth-order valence-corrected chi connectivity index (χ4v) is 4.56. The molecule has 0 spiro atoms. The first-order valence-corrected chi connectivity index (χ1v) is 10.4. The molecule has 1 fully saturated rings. The third kappa shape index (κ3) is 4.64. The van der Waals surface area contributed by atoms with Gasteiger partial charge in [-0.1, -0.05) is 0 Å². The fraction of sp³-hybridized carbons (Fsp3) is 0.381. The van der Waals surface area contributed by atoms with Crippen LogP contribution in [0.15, 0.2) is 47.1 Å². The lowest BCUT2D eigenvalue weighted by Gasteiger charge is -2.26. The van der Waals surface area contributed by atoms with Gasteiger partial charge in [-0.05, 0) is 50.2 Å². The van der Waals surface area contributed by atoms with E-state index in [9.17, 15) is 14.4 Å². The summed E-state index contributed by atoms with van der Waals surface area (Å²) in [6, 6.07) is 9.39. The number of carbonyl (C=O) groups is 3. The summed E-state index contributed by atoms with van der Waals surface area (Å²) in [6.45, 7) is 5.34. The molecule has 3 rings (SSSR count). The molecule has 7 nitrogen and oxygen atoms in total. The molecule has 1 aromatic carbocycles. The summed E-state index contributed by atoms with van der Waals surface area (Å²) in [5.41, 5.74) is 0.423. The molecule has 0 saturated carbocycles. The molecule has 2 aromatic rings. The molecule has 8 heteroatoms. The van der Waals surface area contributed by atoms with Crippen LogP contribution in [0.2, 0.25) is 0 Å². The molecule has 1 amide bonds. The Morgan fingerprint density at radius 1 is 1.24 bits per heavy atom. The summed E-state index contributed by atoms with van der Waals surface area (Å²) < 4.78 is 16.2. The molecule has 3 atom stereocenters. The number of hydrogen-bond donors (Lipinski definition) is 0. The van der Waals surface area contributed by atoms with Crippen LogP contribution in [0.4, 0.5) is 0 Å². The quantitative estimate of drug-likeness (QED) is 0.504. The Morgan fingerprint density at radius 3 is 2.55 bits per heavy atom. The number of hydrogen-bond acceptors (Lipinski definition) is 7. The van der Waals surface area contributed by atoms with E-state index in [0.29, 0.717) is 29.4 Å². The standard InChI is InChI=1S/C21H23NO6S/c1-4-26-16-9-7-15(8-10-16)19(24)13(2)28-21(25)17-12-29-20(22(17)14(3)23)18-6-5-11-27-18/h5-11,13,17,20H,4,12H2,1-3H3/t13-,17+,20+/m0/s1. The molecular formula is C21H23NO6S. The van der Waals surface area contributed by atoms with E-state index in [1.54, 1.807) is 36.4 Å². The number of Topliss-reactive ketones (excluding diaryl/α,β-unsaturated/α-hetero) is 1. The highest BCUT2D eigenvalue weighted by Gasteiger charge is 2.43. The molecule has 29 heavy (non-hydrogen) atoms. The Labute approximate surface area is 173 Å². The Kier molecular flexibility index (Phi) is 6.64. The van der Waals surface area contributed by atoms with Crippen LogP contribution in [0.1, 0.15) is 42.3 Å². The van der Waals surface area contributed by atoms with Gasteiger partial charge < -0.3 is 18.8 Å². The predicted octanol–water partition coefficient (Wildman–Crippen LogP) is 3.46. The van der Waals surface area contributed by atoms with Crippen LogP contribution in [-0.4, -0.2) is 47.1 Å². The average Bonchev–Trinajstić information content (AvgIpc) is 3.37. The van der Waals surface area contributed by atoms with E-state index in [1.165, 1.54) is 36.8 Å². The topological polar surface area (TPSA) is 86.1 Å². The summed E-state index contributed by atoms with van der Waals surface area (Å²) in [6.07, 6.45) is 0.555. The summed E-state index contributed by atoms with van der Waals surface area (Å²) in [5.74, 6) is 0.450. The van der Waals surface area contributed by atoms with Crippen LogP contribution in [0, 0.1) is 0 Å². The maximum atomic E-state index is 12.7. The normalized spacial score (nSPS) is 19.6. The zero-order valence-electron chi connectivity index (χ0n) is 16.5. The second-order valence-corrected chi connectivity index (χ2v) is 7.66. The Hall–Kier alpha value is -2.74. The smallest absolute Gasteiger partial charge is 0.330 e. The minimum atomic E-state index is -0.970. The van der Waals surface area contributed by atoms with Crippen molar-refractivity contribution >= 4 is 29.4 Å². The molecular weight excluding hydrogens is 394 g/mol. The Bertz CT molecular complexity index is 864. The minimum Gasteiger partial charge on any atom is -0.494 e. The summed E-state index contributed by atoms with van der Waals surface area (Å²) in [7, 11) is 0. The van der Waals surface area contributed by atoms with Gasteiger partial charge in [0.15, 0.2) is 6.10 Å². The van der Waals surface area contributed by atoms with Gasteiger partial charge in [0, 0.05) is 18.2 Å². The van der Waals surface area contributed by atoms with Crippen molar-refractivity contribution in [2.75, 3.05) is 12.4 Å². The molecule has 1 saturated heterocycles. The van der Waals surface area contributed by atoms with Crippen molar-refractivity contribution in [3.63, 3.8) is 0 Å². The lowest BCUT2D eigenvalue weighted by molar-refractivity contribution is -0.155. The number of furan rings is 1. The van der Waals surface area contributed by atoms with E-state index in [1.807, 2.05) is 6.92 Å². The van der Waals surface area contributed by atoms with E-state index in [-0.39, 0.29) is 11.7 Å². The molecule has 0 radical (unpaired) electrons. The van der Waals surface area contributed by atoms with E-state index < -0.39 is 23.5 Å². The molecule has 0 N–H and O–H groups in total. The maximum absolute atomic E-state index is 12.7. The van der Waals surface area contributed by atoms with E-state index in [4.69, 9.17) is 13.9 Å². The third-order valence-electron chi connectivity index (χ3n) is 4.53. The first-order valence-electron chi connectivity index (χ1n) is 9.33. The van der Waals surface area contributed by atoms with Crippen LogP contribution in [0.3, 0.4) is 0 Å². The Morgan fingerprint density at radius 2 is 1.97 bits per heavy atom. The summed E-state index contributed by atoms with van der Waals surface area (Å²) >= 11 is 1.42. The van der Waals surface area contributed by atoms with Gasteiger partial charge in [-0.25, -0.2) is 4.79 Å². The van der Waals surface area contributed by atoms with Gasteiger partial charge in [-0.2, -0.15) is 0 Å². The molecule has 0 unspecified atom stereocenters. The molecule has 1 aromatic heterocycles. The van der Waals surface area contributed by atoms with Crippen molar-refractivity contribution in [2.45, 2.75) is 38.3 Å². The number of benzene rings is 1. The van der Waals surface area contributed by atoms with Crippen molar-refractivity contribution in [3.05, 3.63) is 54.0 Å². The molecule has 2 heterocycles. The van der Waals surface area contributed by atoms with E-state index in [2.05, 4.69) is 0 Å². The fourth-order valence-electron chi connectivity index (χ4n) is 3.15. The van der Waals surface area contributed by atoms with E-state index in [0.717, 1.165) is 0 Å². The number of ether oxygens (including phenoxy) is 2. The number of esters is 1. The summed E-state index contributed by atoms with van der Waals surface area (Å²) in [4.78, 5) is 39.0. The van der Waals surface area contributed by atoms with Gasteiger partial charge in [0.2, 0.25) is 11.7 Å². The number of amides is 1. The number of nitrogens with zero attached hydrogens (tertiary/aromatic N) is 1. The first-order chi connectivity index (χ1) is 13.9. The highest BCUT2D eigenvalue weighted by atomic mass is 32.2. The zero-order valence-corrected chi connectivity index (χ0v) is 17.3. The van der Waals surface area contributed by atoms with Crippen LogP contribution in [0.5, 0.6) is 5.75 Å². The highest BCUT2D eigenvalue weighted by Crippen LogP contribution is 2.41. The average molecular weight is 417 g/mol. The second-order valence-electron chi connectivity index (χ2n) is 6.54. The van der Waals surface area contributed by atoms with Crippen LogP contribution < -0.4 is 4.74 Å². The number of rotatable bonds is 7. The SMILES string of the molecule is CCOc1ccc(C(=O)[C@H](C)OC(=O)[C@H]2CS[C@H](c3ccco3)N2C(C)=O)cc1. The number of ketones is 1. The van der Waals surface area contributed by atoms with Crippen molar-refractivity contribution < 1.29 is 28.3 Å². The lowest BCUT2D eigenvalue weighted by atomic mass is 10.1. The molecule has 0 aliphatic carbocycles. The van der Waals surface area contributed by atoms with Crippen molar-refractivity contribution in [2.24, 2.45) is 0 Å². The van der Waals surface area contributed by atoms with Gasteiger partial charge in [-0.3, -0.25) is 9.59 Å². The third-order valence-corrected chi connectivity index (χ3v) is 5.82. The molecule has 0 bridgehead atoms. The molecule has 1 aliphatic rings. The van der Waals surface area contributed by atoms with E-state index >= 15 is 0 Å². The first kappa shape index (κ1) is 21.0.